The van der Waals surface area contributed by atoms with Crippen LogP contribution in [0, 0.1) is 5.92 Å². The molecule has 0 spiro atoms. The van der Waals surface area contributed by atoms with Crippen LogP contribution >= 0.6 is 0 Å². The van der Waals surface area contributed by atoms with Crippen molar-refractivity contribution in [2.24, 2.45) is 5.92 Å². The average Bonchev–Trinajstić information content (AvgIpc) is 3.14. The smallest absolute Gasteiger partial charge is 0.0443 e. The predicted molar refractivity (Wildman–Crippen MR) is 238 cm³/mol. The van der Waals surface area contributed by atoms with Crippen LogP contribution < -0.4 is 0 Å². The first-order valence-corrected chi connectivity index (χ1v) is 25.3. The summed E-state index contributed by atoms with van der Waals surface area (Å²) in [5.41, 5.74) is 0. The fraction of sp³-hybridized carbons (Fsp3) is 1.00. The van der Waals surface area contributed by atoms with Crippen LogP contribution in [0.25, 0.3) is 0 Å². The summed E-state index contributed by atoms with van der Waals surface area (Å²) in [6, 6.07) is 0. The molecule has 0 aliphatic carbocycles. The maximum atomic E-state index is 2.52. The molecule has 0 radical (unpaired) electrons. The van der Waals surface area contributed by atoms with E-state index in [0.29, 0.717) is 0 Å². The predicted octanol–water partition coefficient (Wildman–Crippen LogP) is 20.0. The summed E-state index contributed by atoms with van der Waals surface area (Å²) < 4.78 is 0. The largest absolute Gasteiger partial charge is 0.0654 e. The van der Waals surface area contributed by atoms with Gasteiger partial charge in [0.2, 0.25) is 0 Å². The van der Waals surface area contributed by atoms with Gasteiger partial charge in [-0.3, -0.25) is 0 Å². The zero-order valence-corrected chi connectivity index (χ0v) is 36.8. The molecule has 0 rings (SSSR count). The summed E-state index contributed by atoms with van der Waals surface area (Å²) in [6.45, 7) is 7.15. The number of rotatable bonds is 47. The fourth-order valence-corrected chi connectivity index (χ4v) is 8.52. The topological polar surface area (TPSA) is 0 Å². The average molecular weight is 717 g/mol. The van der Waals surface area contributed by atoms with Gasteiger partial charge in [0.15, 0.2) is 0 Å². The van der Waals surface area contributed by atoms with Crippen molar-refractivity contribution in [2.75, 3.05) is 0 Å². The Morgan fingerprint density at radius 2 is 0.294 bits per heavy atom. The molecule has 1 atom stereocenters. The van der Waals surface area contributed by atoms with Crippen molar-refractivity contribution in [2.45, 2.75) is 323 Å². The molecule has 0 saturated carbocycles. The molecule has 0 aromatic rings. The summed E-state index contributed by atoms with van der Waals surface area (Å²) in [6.07, 6.45) is 69.7. The highest BCUT2D eigenvalue weighted by atomic mass is 14.1. The van der Waals surface area contributed by atoms with Gasteiger partial charge in [0, 0.05) is 0 Å². The fourth-order valence-electron chi connectivity index (χ4n) is 8.52. The highest BCUT2D eigenvalue weighted by molar-refractivity contribution is 4.57. The van der Waals surface area contributed by atoms with Crippen LogP contribution in [-0.4, -0.2) is 0 Å². The van der Waals surface area contributed by atoms with Gasteiger partial charge in [-0.2, -0.15) is 0 Å². The second-order valence-corrected chi connectivity index (χ2v) is 17.9. The lowest BCUT2D eigenvalue weighted by molar-refractivity contribution is 0.429. The lowest BCUT2D eigenvalue weighted by Crippen LogP contribution is -1.95. The van der Waals surface area contributed by atoms with Crippen molar-refractivity contribution in [3.8, 4) is 0 Å². The Labute approximate surface area is 327 Å². The van der Waals surface area contributed by atoms with Gasteiger partial charge in [-0.1, -0.05) is 323 Å². The van der Waals surface area contributed by atoms with Gasteiger partial charge in [0.25, 0.3) is 0 Å². The van der Waals surface area contributed by atoms with Crippen LogP contribution in [0.4, 0.5) is 0 Å². The third kappa shape index (κ3) is 48.0. The van der Waals surface area contributed by atoms with E-state index >= 15 is 0 Å². The standard InChI is InChI=1S/C51H104/c1-4-6-8-10-12-14-16-18-20-22-24-26-27-28-30-32-34-36-38-40-42-44-46-48-50-51(3)49-47-45-43-41-39-37-35-33-31-29-25-23-21-19-17-15-13-11-9-7-5-2/h51H,4-50H2,1-3H3. The lowest BCUT2D eigenvalue weighted by atomic mass is 9.95. The van der Waals surface area contributed by atoms with E-state index in [1.807, 2.05) is 0 Å². The van der Waals surface area contributed by atoms with Gasteiger partial charge >= 0.3 is 0 Å². The van der Waals surface area contributed by atoms with Gasteiger partial charge in [0.1, 0.15) is 0 Å². The zero-order valence-electron chi connectivity index (χ0n) is 36.8. The van der Waals surface area contributed by atoms with Gasteiger partial charge in [-0.25, -0.2) is 0 Å². The molecule has 0 N–H and O–H groups in total. The molecule has 1 unspecified atom stereocenters. The molecule has 0 aromatic carbocycles. The molecule has 0 nitrogen and oxygen atoms in total. The van der Waals surface area contributed by atoms with Crippen molar-refractivity contribution in [1.29, 1.82) is 0 Å². The normalized spacial score (nSPS) is 12.3. The molecular weight excluding hydrogens is 613 g/mol. The molecule has 0 fully saturated rings. The summed E-state index contributed by atoms with van der Waals surface area (Å²) in [7, 11) is 0. The SMILES string of the molecule is CCCCCCCCCCCCCCCCCCCCCCCCCCC(C)CCCCCCCCCCCCCCCCCCCCCCC. The summed E-state index contributed by atoms with van der Waals surface area (Å²) in [5.74, 6) is 0.963. The first kappa shape index (κ1) is 51.0. The summed E-state index contributed by atoms with van der Waals surface area (Å²) >= 11 is 0. The molecule has 0 bridgehead atoms. The minimum Gasteiger partial charge on any atom is -0.0654 e. The molecule has 0 aliphatic rings. The molecule has 51 heavy (non-hydrogen) atoms. The first-order chi connectivity index (χ1) is 25.3. The van der Waals surface area contributed by atoms with E-state index in [1.165, 1.54) is 302 Å². The maximum absolute atomic E-state index is 2.52. The Hall–Kier alpha value is 0. The maximum Gasteiger partial charge on any atom is -0.0443 e. The molecule has 0 aromatic heterocycles. The van der Waals surface area contributed by atoms with E-state index in [1.54, 1.807) is 0 Å². The van der Waals surface area contributed by atoms with Gasteiger partial charge in [-0.05, 0) is 5.92 Å². The molecule has 0 saturated heterocycles. The summed E-state index contributed by atoms with van der Waals surface area (Å²) in [4.78, 5) is 0. The van der Waals surface area contributed by atoms with Crippen LogP contribution in [0.2, 0.25) is 0 Å². The molecule has 0 heterocycles. The van der Waals surface area contributed by atoms with Gasteiger partial charge in [0.05, 0.1) is 0 Å². The molecule has 308 valence electrons. The van der Waals surface area contributed by atoms with E-state index in [2.05, 4.69) is 20.8 Å². The van der Waals surface area contributed by atoms with Crippen molar-refractivity contribution >= 4 is 0 Å². The number of hydrogen-bond acceptors (Lipinski definition) is 0. The molecule has 0 aliphatic heterocycles. The second kappa shape index (κ2) is 48.0. The second-order valence-electron chi connectivity index (χ2n) is 17.9. The lowest BCUT2D eigenvalue weighted by Gasteiger charge is -2.11. The number of unbranched alkanes of at least 4 members (excludes halogenated alkanes) is 43. The third-order valence-electron chi connectivity index (χ3n) is 12.4. The third-order valence-corrected chi connectivity index (χ3v) is 12.4. The van der Waals surface area contributed by atoms with Crippen LogP contribution in [0.3, 0.4) is 0 Å². The van der Waals surface area contributed by atoms with E-state index in [9.17, 15) is 0 Å². The minimum atomic E-state index is 0.963. The van der Waals surface area contributed by atoms with E-state index in [0.717, 1.165) is 5.92 Å². The van der Waals surface area contributed by atoms with E-state index in [4.69, 9.17) is 0 Å². The van der Waals surface area contributed by atoms with Crippen molar-refractivity contribution < 1.29 is 0 Å². The van der Waals surface area contributed by atoms with Crippen LogP contribution in [0.5, 0.6) is 0 Å². The van der Waals surface area contributed by atoms with Gasteiger partial charge in [-0.15, -0.1) is 0 Å². The minimum absolute atomic E-state index is 0.963. The first-order valence-electron chi connectivity index (χ1n) is 25.3. The molecule has 0 amide bonds. The van der Waals surface area contributed by atoms with E-state index < -0.39 is 0 Å². The Balaban J connectivity index is 3.14. The molecule has 0 heteroatoms. The number of hydrogen-bond donors (Lipinski definition) is 0. The quantitative estimate of drug-likeness (QED) is 0.0550. The van der Waals surface area contributed by atoms with Crippen LogP contribution in [0.1, 0.15) is 323 Å². The Bertz CT molecular complexity index is 564. The highest BCUT2D eigenvalue weighted by Crippen LogP contribution is 2.20. The summed E-state index contributed by atoms with van der Waals surface area (Å²) in [5, 5.41) is 0. The Morgan fingerprint density at radius 1 is 0.176 bits per heavy atom. The van der Waals surface area contributed by atoms with Crippen LogP contribution in [0.15, 0.2) is 0 Å². The molecular formula is C51H104. The monoisotopic (exact) mass is 717 g/mol. The van der Waals surface area contributed by atoms with E-state index in [-0.39, 0.29) is 0 Å². The highest BCUT2D eigenvalue weighted by Gasteiger charge is 2.03. The zero-order chi connectivity index (χ0) is 36.8. The van der Waals surface area contributed by atoms with Gasteiger partial charge < -0.3 is 0 Å². The van der Waals surface area contributed by atoms with Crippen LogP contribution in [-0.2, 0) is 0 Å². The van der Waals surface area contributed by atoms with Crippen molar-refractivity contribution in [3.05, 3.63) is 0 Å². The Morgan fingerprint density at radius 3 is 0.431 bits per heavy atom. The van der Waals surface area contributed by atoms with Crippen molar-refractivity contribution in [1.82, 2.24) is 0 Å². The van der Waals surface area contributed by atoms with Crippen molar-refractivity contribution in [3.63, 3.8) is 0 Å². The Kier molecular flexibility index (Phi) is 48.0.